The minimum absolute atomic E-state index is 0.0976. The smallest absolute Gasteiger partial charge is 0.224 e. The summed E-state index contributed by atoms with van der Waals surface area (Å²) in [5, 5.41) is 4.10. The predicted octanol–water partition coefficient (Wildman–Crippen LogP) is 2.87. The maximum atomic E-state index is 11.8. The van der Waals surface area contributed by atoms with E-state index in [9.17, 15) is 4.79 Å². The highest BCUT2D eigenvalue weighted by atomic mass is 16.1. The summed E-state index contributed by atoms with van der Waals surface area (Å²) < 4.78 is 0. The maximum absolute atomic E-state index is 11.8. The molecule has 0 unspecified atom stereocenters. The Balaban J connectivity index is 1.95. The van der Waals surface area contributed by atoms with Gasteiger partial charge in [0.1, 0.15) is 0 Å². The first-order chi connectivity index (χ1) is 8.66. The van der Waals surface area contributed by atoms with Crippen LogP contribution >= 0.6 is 0 Å². The molecule has 0 atom stereocenters. The Kier molecular flexibility index (Phi) is 4.03. The van der Waals surface area contributed by atoms with Crippen LogP contribution in [0.2, 0.25) is 0 Å². The third kappa shape index (κ3) is 3.13. The molecule has 0 bridgehead atoms. The van der Waals surface area contributed by atoms with E-state index in [1.165, 1.54) is 0 Å². The lowest BCUT2D eigenvalue weighted by molar-refractivity contribution is -0.120. The number of amides is 1. The zero-order valence-corrected chi connectivity index (χ0v) is 11.0. The molecule has 1 aromatic heterocycles. The number of carbonyl (C=O) groups excluding carboxylic acids is 1. The molecule has 2 N–H and O–H groups in total. The van der Waals surface area contributed by atoms with Crippen molar-refractivity contribution in [3.63, 3.8) is 0 Å². The maximum Gasteiger partial charge on any atom is 0.224 e. The Hall–Kier alpha value is -1.77. The molecule has 18 heavy (non-hydrogen) atoms. The zero-order chi connectivity index (χ0) is 13.0. The van der Waals surface area contributed by atoms with Crippen LogP contribution < -0.4 is 5.32 Å². The van der Waals surface area contributed by atoms with E-state index in [-0.39, 0.29) is 5.91 Å². The van der Waals surface area contributed by atoms with Crippen LogP contribution in [0.15, 0.2) is 30.5 Å². The molecule has 2 aromatic rings. The number of aromatic nitrogens is 1. The lowest BCUT2D eigenvalue weighted by Crippen LogP contribution is -2.26. The first-order valence-corrected chi connectivity index (χ1v) is 6.48. The lowest BCUT2D eigenvalue weighted by Gasteiger charge is -2.06. The van der Waals surface area contributed by atoms with Crippen LogP contribution in [0.1, 0.15) is 25.8 Å². The second-order valence-electron chi connectivity index (χ2n) is 5.07. The number of benzene rings is 1. The average molecular weight is 244 g/mol. The topological polar surface area (TPSA) is 44.9 Å². The summed E-state index contributed by atoms with van der Waals surface area (Å²) in [5.41, 5.74) is 2.15. The van der Waals surface area contributed by atoms with E-state index in [0.29, 0.717) is 12.3 Å². The Bertz CT molecular complexity index is 528. The number of para-hydroxylation sites is 1. The van der Waals surface area contributed by atoms with Gasteiger partial charge in [0, 0.05) is 23.6 Å². The van der Waals surface area contributed by atoms with E-state index < -0.39 is 0 Å². The zero-order valence-electron chi connectivity index (χ0n) is 11.0. The molecule has 2 rings (SSSR count). The number of fused-ring (bicyclic) bond motifs is 1. The number of hydrogen-bond donors (Lipinski definition) is 2. The molecule has 96 valence electrons. The molecule has 3 nitrogen and oxygen atoms in total. The number of H-pyrrole nitrogens is 1. The number of rotatable bonds is 5. The van der Waals surface area contributed by atoms with Gasteiger partial charge in [0.2, 0.25) is 5.91 Å². The van der Waals surface area contributed by atoms with Gasteiger partial charge in [-0.1, -0.05) is 32.0 Å². The molecule has 1 heterocycles. The molecule has 0 saturated heterocycles. The van der Waals surface area contributed by atoms with Gasteiger partial charge in [-0.15, -0.1) is 0 Å². The summed E-state index contributed by atoms with van der Waals surface area (Å²) in [5.74, 6) is 0.721. The van der Waals surface area contributed by atoms with Crippen LogP contribution in [-0.2, 0) is 11.2 Å². The van der Waals surface area contributed by atoms with Gasteiger partial charge in [0.25, 0.3) is 0 Å². The number of carbonyl (C=O) groups is 1. The van der Waals surface area contributed by atoms with Gasteiger partial charge < -0.3 is 10.3 Å². The molecule has 0 aliphatic rings. The molecule has 1 aromatic carbocycles. The summed E-state index contributed by atoms with van der Waals surface area (Å²) in [4.78, 5) is 15.0. The van der Waals surface area contributed by atoms with Crippen molar-refractivity contribution in [2.75, 3.05) is 6.54 Å². The molecule has 3 heteroatoms. The van der Waals surface area contributed by atoms with Crippen LogP contribution in [0.25, 0.3) is 10.9 Å². The van der Waals surface area contributed by atoms with Crippen LogP contribution in [0.4, 0.5) is 0 Å². The van der Waals surface area contributed by atoms with Crippen molar-refractivity contribution in [1.82, 2.24) is 10.3 Å². The predicted molar refractivity (Wildman–Crippen MR) is 74.5 cm³/mol. The Morgan fingerprint density at radius 2 is 2.11 bits per heavy atom. The van der Waals surface area contributed by atoms with Gasteiger partial charge in [-0.2, -0.15) is 0 Å². The van der Waals surface area contributed by atoms with Crippen molar-refractivity contribution in [2.24, 2.45) is 5.92 Å². The SMILES string of the molecule is CC(C)CCNC(=O)Cc1c[nH]c2ccccc12. The van der Waals surface area contributed by atoms with E-state index in [4.69, 9.17) is 0 Å². The molecule has 0 aliphatic heterocycles. The largest absolute Gasteiger partial charge is 0.361 e. The first-order valence-electron chi connectivity index (χ1n) is 6.48. The monoisotopic (exact) mass is 244 g/mol. The van der Waals surface area contributed by atoms with Crippen LogP contribution in [-0.4, -0.2) is 17.4 Å². The summed E-state index contributed by atoms with van der Waals surface area (Å²) in [6, 6.07) is 8.06. The van der Waals surface area contributed by atoms with Gasteiger partial charge in [-0.25, -0.2) is 0 Å². The normalized spacial score (nSPS) is 11.1. The highest BCUT2D eigenvalue weighted by molar-refractivity contribution is 5.88. The molecule has 0 fully saturated rings. The molecular weight excluding hydrogens is 224 g/mol. The summed E-state index contributed by atoms with van der Waals surface area (Å²) >= 11 is 0. The van der Waals surface area contributed by atoms with E-state index in [1.807, 2.05) is 30.5 Å². The molecule has 0 radical (unpaired) electrons. The van der Waals surface area contributed by atoms with Gasteiger partial charge in [0.15, 0.2) is 0 Å². The van der Waals surface area contributed by atoms with E-state index in [0.717, 1.165) is 29.4 Å². The minimum atomic E-state index is 0.0976. The molecule has 0 saturated carbocycles. The summed E-state index contributed by atoms with van der Waals surface area (Å²) in [6.07, 6.45) is 3.40. The minimum Gasteiger partial charge on any atom is -0.361 e. The fraction of sp³-hybridized carbons (Fsp3) is 0.400. The van der Waals surface area contributed by atoms with Crippen LogP contribution in [0.3, 0.4) is 0 Å². The van der Waals surface area contributed by atoms with Gasteiger partial charge >= 0.3 is 0 Å². The van der Waals surface area contributed by atoms with Crippen molar-refractivity contribution in [3.05, 3.63) is 36.0 Å². The van der Waals surface area contributed by atoms with Gasteiger partial charge in [-0.05, 0) is 24.0 Å². The fourth-order valence-electron chi connectivity index (χ4n) is 2.01. The van der Waals surface area contributed by atoms with E-state index >= 15 is 0 Å². The summed E-state index contributed by atoms with van der Waals surface area (Å²) in [6.45, 7) is 5.08. The molecular formula is C15H20N2O. The third-order valence-electron chi connectivity index (χ3n) is 3.07. The molecule has 0 aliphatic carbocycles. The number of hydrogen-bond acceptors (Lipinski definition) is 1. The van der Waals surface area contributed by atoms with Gasteiger partial charge in [-0.3, -0.25) is 4.79 Å². The number of nitrogens with one attached hydrogen (secondary N) is 2. The van der Waals surface area contributed by atoms with E-state index in [1.54, 1.807) is 0 Å². The summed E-state index contributed by atoms with van der Waals surface area (Å²) in [7, 11) is 0. The quantitative estimate of drug-likeness (QED) is 0.834. The second kappa shape index (κ2) is 5.71. The Morgan fingerprint density at radius 3 is 2.89 bits per heavy atom. The van der Waals surface area contributed by atoms with Crippen LogP contribution in [0.5, 0.6) is 0 Å². The van der Waals surface area contributed by atoms with Crippen molar-refractivity contribution in [2.45, 2.75) is 26.7 Å². The average Bonchev–Trinajstić information content (AvgIpc) is 2.72. The fourth-order valence-corrected chi connectivity index (χ4v) is 2.01. The van der Waals surface area contributed by atoms with Crippen LogP contribution in [0, 0.1) is 5.92 Å². The Morgan fingerprint density at radius 1 is 1.33 bits per heavy atom. The third-order valence-corrected chi connectivity index (χ3v) is 3.07. The Labute approximate surface area is 108 Å². The van der Waals surface area contributed by atoms with Crippen molar-refractivity contribution in [1.29, 1.82) is 0 Å². The molecule has 1 amide bonds. The standard InChI is InChI=1S/C15H20N2O/c1-11(2)7-8-16-15(18)9-12-10-17-14-6-4-3-5-13(12)14/h3-6,10-11,17H,7-9H2,1-2H3,(H,16,18). The van der Waals surface area contributed by atoms with Crippen molar-refractivity contribution in [3.8, 4) is 0 Å². The van der Waals surface area contributed by atoms with Crippen molar-refractivity contribution < 1.29 is 4.79 Å². The van der Waals surface area contributed by atoms with Gasteiger partial charge in [0.05, 0.1) is 6.42 Å². The number of aromatic amines is 1. The highest BCUT2D eigenvalue weighted by Crippen LogP contribution is 2.17. The van der Waals surface area contributed by atoms with Crippen molar-refractivity contribution >= 4 is 16.8 Å². The first kappa shape index (κ1) is 12.7. The molecule has 0 spiro atoms. The highest BCUT2D eigenvalue weighted by Gasteiger charge is 2.08. The van der Waals surface area contributed by atoms with E-state index in [2.05, 4.69) is 24.1 Å². The second-order valence-corrected chi connectivity index (χ2v) is 5.07. The lowest BCUT2D eigenvalue weighted by atomic mass is 10.1.